The van der Waals surface area contributed by atoms with Crippen LogP contribution in [0.25, 0.3) is 0 Å². The summed E-state index contributed by atoms with van der Waals surface area (Å²) in [6, 6.07) is 3.55. The summed E-state index contributed by atoms with van der Waals surface area (Å²) in [7, 11) is 0. The fourth-order valence-corrected chi connectivity index (χ4v) is 3.43. The largest absolute Gasteiger partial charge is 0.478 e. The highest BCUT2D eigenvalue weighted by Crippen LogP contribution is 2.26. The molecule has 27 heavy (non-hydrogen) atoms. The Kier molecular flexibility index (Phi) is 4.79. The van der Waals surface area contributed by atoms with Gasteiger partial charge in [-0.05, 0) is 38.2 Å². The van der Waals surface area contributed by atoms with Crippen LogP contribution in [0.1, 0.15) is 58.9 Å². The van der Waals surface area contributed by atoms with Gasteiger partial charge >= 0.3 is 5.97 Å². The first-order valence-corrected chi connectivity index (χ1v) is 9.29. The molecule has 0 bridgehead atoms. The quantitative estimate of drug-likeness (QED) is 0.868. The van der Waals surface area contributed by atoms with Crippen LogP contribution in [0, 0.1) is 0 Å². The van der Waals surface area contributed by atoms with Crippen LogP contribution in [0.2, 0.25) is 0 Å². The Labute approximate surface area is 156 Å². The minimum Gasteiger partial charge on any atom is -0.478 e. The summed E-state index contributed by atoms with van der Waals surface area (Å²) in [6.45, 7) is 1.21. The average Bonchev–Trinajstić information content (AvgIpc) is 3.15. The standard InChI is InChI=1S/C19H22N4O4/c24-18(13-4-7-20-17(10-13)27-16-2-1-3-16)22-8-5-15(6-9-22)23-12-14(11-21-23)19(25)26/h4,7,10-12,15-16H,1-3,5-6,8-9H2,(H,25,26). The predicted octanol–water partition coefficient (Wildman–Crippen LogP) is 2.38. The van der Waals surface area contributed by atoms with E-state index < -0.39 is 5.97 Å². The Balaban J connectivity index is 1.36. The number of nitrogens with zero attached hydrogens (tertiary/aromatic N) is 4. The van der Waals surface area contributed by atoms with E-state index in [1.807, 2.05) is 4.90 Å². The van der Waals surface area contributed by atoms with Crippen molar-refractivity contribution in [2.45, 2.75) is 44.2 Å². The van der Waals surface area contributed by atoms with Crippen LogP contribution in [-0.2, 0) is 0 Å². The third-order valence-electron chi connectivity index (χ3n) is 5.30. The monoisotopic (exact) mass is 370 g/mol. The number of hydrogen-bond donors (Lipinski definition) is 1. The molecule has 0 aromatic carbocycles. The van der Waals surface area contributed by atoms with Gasteiger partial charge in [-0.25, -0.2) is 9.78 Å². The number of hydrogen-bond acceptors (Lipinski definition) is 5. The number of piperidine rings is 1. The molecule has 0 atom stereocenters. The highest BCUT2D eigenvalue weighted by Gasteiger charge is 2.26. The number of ether oxygens (including phenoxy) is 1. The molecule has 1 amide bonds. The van der Waals surface area contributed by atoms with Crippen molar-refractivity contribution in [3.8, 4) is 5.88 Å². The van der Waals surface area contributed by atoms with Crippen molar-refractivity contribution in [3.63, 3.8) is 0 Å². The van der Waals surface area contributed by atoms with Crippen LogP contribution in [-0.4, -0.2) is 55.8 Å². The number of carbonyl (C=O) groups excluding carboxylic acids is 1. The van der Waals surface area contributed by atoms with Crippen molar-refractivity contribution in [1.29, 1.82) is 0 Å². The maximum absolute atomic E-state index is 12.8. The maximum atomic E-state index is 12.8. The van der Waals surface area contributed by atoms with Gasteiger partial charge in [-0.3, -0.25) is 9.48 Å². The first-order chi connectivity index (χ1) is 13.1. The Morgan fingerprint density at radius 3 is 2.56 bits per heavy atom. The van der Waals surface area contributed by atoms with Gasteiger partial charge in [0.15, 0.2) is 0 Å². The van der Waals surface area contributed by atoms with E-state index in [4.69, 9.17) is 9.84 Å². The smallest absolute Gasteiger partial charge is 0.338 e. The molecule has 0 spiro atoms. The van der Waals surface area contributed by atoms with Crippen molar-refractivity contribution < 1.29 is 19.4 Å². The van der Waals surface area contributed by atoms with Crippen LogP contribution in [0.5, 0.6) is 5.88 Å². The van der Waals surface area contributed by atoms with E-state index in [1.165, 1.54) is 12.6 Å². The predicted molar refractivity (Wildman–Crippen MR) is 95.9 cm³/mol. The van der Waals surface area contributed by atoms with Crippen LogP contribution in [0.15, 0.2) is 30.7 Å². The lowest BCUT2D eigenvalue weighted by Gasteiger charge is -2.32. The lowest BCUT2D eigenvalue weighted by molar-refractivity contribution is 0.0686. The van der Waals surface area contributed by atoms with Gasteiger partial charge in [-0.15, -0.1) is 0 Å². The molecule has 2 aromatic rings. The summed E-state index contributed by atoms with van der Waals surface area (Å²) in [6.07, 6.45) is 9.51. The zero-order valence-corrected chi connectivity index (χ0v) is 15.0. The van der Waals surface area contributed by atoms with Crippen LogP contribution >= 0.6 is 0 Å². The summed E-state index contributed by atoms with van der Waals surface area (Å²) >= 11 is 0. The molecule has 1 saturated heterocycles. The van der Waals surface area contributed by atoms with Crippen molar-refractivity contribution >= 4 is 11.9 Å². The van der Waals surface area contributed by atoms with Gasteiger partial charge < -0.3 is 14.7 Å². The summed E-state index contributed by atoms with van der Waals surface area (Å²) < 4.78 is 7.48. The van der Waals surface area contributed by atoms with Crippen LogP contribution < -0.4 is 4.74 Å². The number of carboxylic acid groups (broad SMARTS) is 1. The Bertz CT molecular complexity index is 838. The van der Waals surface area contributed by atoms with E-state index in [9.17, 15) is 9.59 Å². The third-order valence-corrected chi connectivity index (χ3v) is 5.30. The van der Waals surface area contributed by atoms with E-state index in [2.05, 4.69) is 10.1 Å². The molecule has 142 valence electrons. The first kappa shape index (κ1) is 17.5. The van der Waals surface area contributed by atoms with E-state index in [0.717, 1.165) is 25.7 Å². The zero-order chi connectivity index (χ0) is 18.8. The van der Waals surface area contributed by atoms with E-state index in [0.29, 0.717) is 24.5 Å². The van der Waals surface area contributed by atoms with Gasteiger partial charge in [0, 0.05) is 37.1 Å². The van der Waals surface area contributed by atoms with Crippen molar-refractivity contribution in [3.05, 3.63) is 41.9 Å². The number of amides is 1. The molecule has 8 nitrogen and oxygen atoms in total. The Hall–Kier alpha value is -2.90. The van der Waals surface area contributed by atoms with Gasteiger partial charge in [0.25, 0.3) is 5.91 Å². The highest BCUT2D eigenvalue weighted by molar-refractivity contribution is 5.94. The van der Waals surface area contributed by atoms with Gasteiger partial charge in [0.2, 0.25) is 5.88 Å². The van der Waals surface area contributed by atoms with E-state index in [-0.39, 0.29) is 23.6 Å². The maximum Gasteiger partial charge on any atom is 0.338 e. The second-order valence-electron chi connectivity index (χ2n) is 7.09. The third kappa shape index (κ3) is 3.79. The second kappa shape index (κ2) is 7.38. The lowest BCUT2D eigenvalue weighted by Crippen LogP contribution is -2.39. The molecule has 4 rings (SSSR count). The first-order valence-electron chi connectivity index (χ1n) is 9.29. The van der Waals surface area contributed by atoms with Crippen LogP contribution in [0.4, 0.5) is 0 Å². The number of aromatic nitrogens is 3. The molecule has 1 aliphatic carbocycles. The second-order valence-corrected chi connectivity index (χ2v) is 7.09. The van der Waals surface area contributed by atoms with Crippen molar-refractivity contribution in [1.82, 2.24) is 19.7 Å². The van der Waals surface area contributed by atoms with Crippen molar-refractivity contribution in [2.75, 3.05) is 13.1 Å². The Morgan fingerprint density at radius 1 is 1.15 bits per heavy atom. The SMILES string of the molecule is O=C(O)c1cnn(C2CCN(C(=O)c3ccnc(OC4CCC4)c3)CC2)c1. The van der Waals surface area contributed by atoms with E-state index in [1.54, 1.807) is 29.2 Å². The number of rotatable bonds is 5. The molecule has 1 saturated carbocycles. The molecule has 0 unspecified atom stereocenters. The van der Waals surface area contributed by atoms with Gasteiger partial charge in [0.1, 0.15) is 6.10 Å². The number of carboxylic acids is 1. The molecule has 1 aliphatic heterocycles. The molecule has 0 radical (unpaired) electrons. The van der Waals surface area contributed by atoms with E-state index >= 15 is 0 Å². The van der Waals surface area contributed by atoms with Crippen molar-refractivity contribution in [2.24, 2.45) is 0 Å². The summed E-state index contributed by atoms with van der Waals surface area (Å²) in [5.74, 6) is -0.495. The summed E-state index contributed by atoms with van der Waals surface area (Å²) in [5.41, 5.74) is 0.773. The molecule has 8 heteroatoms. The summed E-state index contributed by atoms with van der Waals surface area (Å²) in [4.78, 5) is 29.8. The molecule has 2 fully saturated rings. The lowest BCUT2D eigenvalue weighted by atomic mass is 9.96. The fourth-order valence-electron chi connectivity index (χ4n) is 3.43. The number of carbonyl (C=O) groups is 2. The average molecular weight is 370 g/mol. The topological polar surface area (TPSA) is 97.6 Å². The molecule has 2 aliphatic rings. The number of aromatic carboxylic acids is 1. The minimum absolute atomic E-state index is 0.0269. The van der Waals surface area contributed by atoms with Gasteiger partial charge in [0.05, 0.1) is 17.8 Å². The Morgan fingerprint density at radius 2 is 1.93 bits per heavy atom. The normalized spacial score (nSPS) is 18.1. The zero-order valence-electron chi connectivity index (χ0n) is 15.0. The van der Waals surface area contributed by atoms with Gasteiger partial charge in [-0.2, -0.15) is 5.10 Å². The highest BCUT2D eigenvalue weighted by atomic mass is 16.5. The number of likely N-dealkylation sites (tertiary alicyclic amines) is 1. The van der Waals surface area contributed by atoms with Gasteiger partial charge in [-0.1, -0.05) is 0 Å². The van der Waals surface area contributed by atoms with Crippen LogP contribution in [0.3, 0.4) is 0 Å². The fraction of sp³-hybridized carbons (Fsp3) is 0.474. The molecular formula is C19H22N4O4. The minimum atomic E-state index is -0.980. The molecule has 1 N–H and O–H groups in total. The molecule has 2 aromatic heterocycles. The molecular weight excluding hydrogens is 348 g/mol. The number of pyridine rings is 1. The molecule has 3 heterocycles. The summed E-state index contributed by atoms with van der Waals surface area (Å²) in [5, 5.41) is 13.2.